The Balaban J connectivity index is 1.31. The zero-order valence-electron chi connectivity index (χ0n) is 18.3. The van der Waals surface area contributed by atoms with Gasteiger partial charge in [-0.15, -0.1) is 5.10 Å². The summed E-state index contributed by atoms with van der Waals surface area (Å²) < 4.78 is 10.6. The van der Waals surface area contributed by atoms with E-state index in [-0.39, 0.29) is 24.2 Å². The summed E-state index contributed by atoms with van der Waals surface area (Å²) in [4.78, 5) is 23.4. The van der Waals surface area contributed by atoms with Gasteiger partial charge >= 0.3 is 23.8 Å². The number of carbonyl (C=O) groups is 2. The molecule has 1 saturated carbocycles. The van der Waals surface area contributed by atoms with Crippen molar-refractivity contribution in [3.63, 3.8) is 0 Å². The molecule has 0 radical (unpaired) electrons. The summed E-state index contributed by atoms with van der Waals surface area (Å²) in [5.41, 5.74) is 2.52. The van der Waals surface area contributed by atoms with E-state index in [1.54, 1.807) is 13.2 Å². The maximum Gasteiger partial charge on any atom is 0.320 e. The molecule has 0 spiro atoms. The van der Waals surface area contributed by atoms with E-state index in [0.29, 0.717) is 23.0 Å². The summed E-state index contributed by atoms with van der Waals surface area (Å²) in [5, 5.41) is 22.3. The van der Waals surface area contributed by atoms with E-state index in [1.165, 1.54) is 5.56 Å². The fraction of sp³-hybridized carbons (Fsp3) is 0.333. The Hall–Kier alpha value is -3.88. The van der Waals surface area contributed by atoms with Gasteiger partial charge in [0.2, 0.25) is 0 Å². The monoisotopic (exact) mass is 450 g/mol. The van der Waals surface area contributed by atoms with Crippen molar-refractivity contribution < 1.29 is 23.8 Å². The summed E-state index contributed by atoms with van der Waals surface area (Å²) in [5.74, 6) is -0.00225. The lowest BCUT2D eigenvalue weighted by Crippen LogP contribution is -2.16. The predicted octanol–water partition coefficient (Wildman–Crippen LogP) is 4.82. The molecule has 1 aromatic heterocycles. The molecule has 9 heteroatoms. The van der Waals surface area contributed by atoms with E-state index in [9.17, 15) is 9.59 Å². The van der Waals surface area contributed by atoms with Gasteiger partial charge in [0, 0.05) is 23.9 Å². The van der Waals surface area contributed by atoms with Gasteiger partial charge in [0.1, 0.15) is 5.75 Å². The molecule has 9 nitrogen and oxygen atoms in total. The Labute approximate surface area is 191 Å². The quantitative estimate of drug-likeness (QED) is 0.446. The van der Waals surface area contributed by atoms with Gasteiger partial charge < -0.3 is 24.9 Å². The minimum absolute atomic E-state index is 0.0993. The van der Waals surface area contributed by atoms with Crippen molar-refractivity contribution in [1.82, 2.24) is 10.2 Å². The van der Waals surface area contributed by atoms with E-state index in [2.05, 4.69) is 20.8 Å². The lowest BCUT2D eigenvalue weighted by Gasteiger charge is -2.28. The third kappa shape index (κ3) is 5.88. The van der Waals surface area contributed by atoms with Crippen LogP contribution in [-0.2, 0) is 4.79 Å². The first-order valence-electron chi connectivity index (χ1n) is 10.9. The van der Waals surface area contributed by atoms with Crippen LogP contribution in [0.1, 0.15) is 54.3 Å². The molecule has 33 heavy (non-hydrogen) atoms. The number of hydrogen-bond donors (Lipinski definition) is 3. The van der Waals surface area contributed by atoms with Gasteiger partial charge in [-0.05, 0) is 67.3 Å². The van der Waals surface area contributed by atoms with Crippen molar-refractivity contribution in [2.45, 2.75) is 38.0 Å². The third-order valence-electron chi connectivity index (χ3n) is 5.89. The molecule has 1 fully saturated rings. The molecule has 2 aromatic carbocycles. The van der Waals surface area contributed by atoms with Gasteiger partial charge in [-0.25, -0.2) is 0 Å². The first kappa shape index (κ1) is 22.3. The highest BCUT2D eigenvalue weighted by atomic mass is 16.5. The van der Waals surface area contributed by atoms with E-state index < -0.39 is 11.9 Å². The molecule has 3 aromatic rings. The lowest BCUT2D eigenvalue weighted by molar-refractivity contribution is -0.138. The zero-order valence-corrected chi connectivity index (χ0v) is 18.3. The Morgan fingerprint density at radius 1 is 1.06 bits per heavy atom. The van der Waals surface area contributed by atoms with Crippen LogP contribution in [0.3, 0.4) is 0 Å². The Morgan fingerprint density at radius 3 is 2.52 bits per heavy atom. The standard InChI is InChI=1S/C24H26N4O5/c1-32-20-4-2-3-19(14-20)26-24-28-27-23(33-24)22(31)25-18-11-9-17(10-12-18)16-7-5-15(6-8-16)13-21(29)30/h2-4,9-12,14-16H,5-8,13H2,1H3,(H,25,31)(H,26,28)(H,29,30). The fourth-order valence-corrected chi connectivity index (χ4v) is 4.16. The number of hydrogen-bond acceptors (Lipinski definition) is 7. The number of benzene rings is 2. The Morgan fingerprint density at radius 2 is 1.82 bits per heavy atom. The van der Waals surface area contributed by atoms with E-state index >= 15 is 0 Å². The number of aromatic nitrogens is 2. The molecule has 1 aliphatic rings. The second-order valence-electron chi connectivity index (χ2n) is 8.16. The van der Waals surface area contributed by atoms with Gasteiger partial charge in [0.05, 0.1) is 7.11 Å². The molecule has 3 N–H and O–H groups in total. The summed E-state index contributed by atoms with van der Waals surface area (Å²) >= 11 is 0. The minimum atomic E-state index is -0.719. The molecule has 1 heterocycles. The average Bonchev–Trinajstić information content (AvgIpc) is 3.28. The number of nitrogens with one attached hydrogen (secondary N) is 2. The molecule has 1 aliphatic carbocycles. The number of carboxylic acid groups (broad SMARTS) is 1. The van der Waals surface area contributed by atoms with Crippen LogP contribution in [0.15, 0.2) is 52.9 Å². The summed E-state index contributed by atoms with van der Waals surface area (Å²) in [6.45, 7) is 0. The van der Waals surface area contributed by atoms with Crippen LogP contribution in [0.2, 0.25) is 0 Å². The number of carboxylic acids is 1. The number of aliphatic carboxylic acids is 1. The van der Waals surface area contributed by atoms with Crippen LogP contribution in [0.25, 0.3) is 0 Å². The topological polar surface area (TPSA) is 127 Å². The van der Waals surface area contributed by atoms with Gasteiger partial charge in [0.15, 0.2) is 0 Å². The van der Waals surface area contributed by atoms with Crippen molar-refractivity contribution in [2.24, 2.45) is 5.92 Å². The number of methoxy groups -OCH3 is 1. The maximum atomic E-state index is 12.5. The Kier molecular flexibility index (Phi) is 6.87. The third-order valence-corrected chi connectivity index (χ3v) is 5.89. The molecule has 0 saturated heterocycles. The summed E-state index contributed by atoms with van der Waals surface area (Å²) in [6.07, 6.45) is 4.07. The second-order valence-corrected chi connectivity index (χ2v) is 8.16. The molecule has 0 bridgehead atoms. The van der Waals surface area contributed by atoms with E-state index in [4.69, 9.17) is 14.3 Å². The first-order chi connectivity index (χ1) is 16.0. The molecule has 0 unspecified atom stereocenters. The molecule has 172 valence electrons. The molecule has 0 atom stereocenters. The molecular weight excluding hydrogens is 424 g/mol. The average molecular weight is 450 g/mol. The number of anilines is 3. The highest BCUT2D eigenvalue weighted by molar-refractivity contribution is 6.00. The van der Waals surface area contributed by atoms with Crippen LogP contribution in [-0.4, -0.2) is 34.3 Å². The largest absolute Gasteiger partial charge is 0.497 e. The highest BCUT2D eigenvalue weighted by Crippen LogP contribution is 2.37. The maximum absolute atomic E-state index is 12.5. The van der Waals surface area contributed by atoms with Crippen LogP contribution < -0.4 is 15.4 Å². The van der Waals surface area contributed by atoms with Crippen LogP contribution >= 0.6 is 0 Å². The second kappa shape index (κ2) is 10.2. The fourth-order valence-electron chi connectivity index (χ4n) is 4.16. The molecule has 1 amide bonds. The number of amides is 1. The van der Waals surface area contributed by atoms with Crippen LogP contribution in [0.5, 0.6) is 5.75 Å². The number of carbonyl (C=O) groups excluding carboxylic acids is 1. The van der Waals surface area contributed by atoms with Crippen LogP contribution in [0, 0.1) is 5.92 Å². The van der Waals surface area contributed by atoms with Gasteiger partial charge in [-0.3, -0.25) is 9.59 Å². The van der Waals surface area contributed by atoms with Crippen LogP contribution in [0.4, 0.5) is 17.4 Å². The summed E-state index contributed by atoms with van der Waals surface area (Å²) in [6, 6.07) is 15.0. The molecular formula is C24H26N4O5. The Bertz CT molecular complexity index is 1100. The van der Waals surface area contributed by atoms with Gasteiger partial charge in [-0.2, -0.15) is 0 Å². The summed E-state index contributed by atoms with van der Waals surface area (Å²) in [7, 11) is 1.58. The molecule has 4 rings (SSSR count). The van der Waals surface area contributed by atoms with Crippen molar-refractivity contribution in [1.29, 1.82) is 0 Å². The first-order valence-corrected chi connectivity index (χ1v) is 10.9. The van der Waals surface area contributed by atoms with Crippen molar-refractivity contribution in [3.8, 4) is 5.75 Å². The number of rotatable bonds is 8. The van der Waals surface area contributed by atoms with Gasteiger partial charge in [0.25, 0.3) is 0 Å². The number of ether oxygens (including phenoxy) is 1. The van der Waals surface area contributed by atoms with Gasteiger partial charge in [-0.1, -0.05) is 23.3 Å². The highest BCUT2D eigenvalue weighted by Gasteiger charge is 2.24. The van der Waals surface area contributed by atoms with E-state index in [1.807, 2.05) is 42.5 Å². The van der Waals surface area contributed by atoms with Crippen molar-refractivity contribution >= 4 is 29.3 Å². The van der Waals surface area contributed by atoms with Crippen molar-refractivity contribution in [2.75, 3.05) is 17.7 Å². The normalized spacial score (nSPS) is 17.8. The van der Waals surface area contributed by atoms with E-state index in [0.717, 1.165) is 25.7 Å². The predicted molar refractivity (Wildman–Crippen MR) is 122 cm³/mol. The smallest absolute Gasteiger partial charge is 0.320 e. The minimum Gasteiger partial charge on any atom is -0.497 e. The number of nitrogens with zero attached hydrogens (tertiary/aromatic N) is 2. The molecule has 0 aliphatic heterocycles. The van der Waals surface area contributed by atoms with Crippen molar-refractivity contribution in [3.05, 3.63) is 60.0 Å². The lowest BCUT2D eigenvalue weighted by atomic mass is 9.77. The SMILES string of the molecule is COc1cccc(Nc2nnc(C(=O)Nc3ccc(C4CCC(CC(=O)O)CC4)cc3)o2)c1. The zero-order chi connectivity index (χ0) is 23.2.